The molecule has 1 amide bonds. The summed E-state index contributed by atoms with van der Waals surface area (Å²) in [5.41, 5.74) is 10.9. The number of benzene rings is 2. The Labute approximate surface area is 202 Å². The van der Waals surface area contributed by atoms with Crippen molar-refractivity contribution in [2.45, 2.75) is 20.3 Å². The zero-order valence-electron chi connectivity index (χ0n) is 19.6. The normalized spacial score (nSPS) is 11.1. The van der Waals surface area contributed by atoms with Crippen LogP contribution in [0.1, 0.15) is 28.7 Å². The number of aryl methyl sites for hydroxylation is 1. The van der Waals surface area contributed by atoms with E-state index in [2.05, 4.69) is 36.6 Å². The van der Waals surface area contributed by atoms with E-state index in [0.717, 1.165) is 50.9 Å². The molecule has 0 radical (unpaired) electrons. The van der Waals surface area contributed by atoms with Gasteiger partial charge in [-0.05, 0) is 68.3 Å². The maximum atomic E-state index is 11.9. The second-order valence-corrected chi connectivity index (χ2v) is 8.34. The van der Waals surface area contributed by atoms with E-state index in [9.17, 15) is 4.79 Å². The van der Waals surface area contributed by atoms with Crippen molar-refractivity contribution in [3.8, 4) is 5.75 Å². The van der Waals surface area contributed by atoms with Crippen LogP contribution in [0.4, 0.5) is 17.5 Å². The fraction of sp³-hybridized carbons (Fsp3) is 0.192. The molecule has 0 saturated carbocycles. The molecule has 0 saturated heterocycles. The zero-order valence-corrected chi connectivity index (χ0v) is 19.6. The number of aromatic nitrogens is 4. The van der Waals surface area contributed by atoms with Gasteiger partial charge in [-0.3, -0.25) is 4.79 Å². The highest BCUT2D eigenvalue weighted by molar-refractivity contribution is 5.92. The molecule has 0 atom stereocenters. The maximum absolute atomic E-state index is 11.9. The van der Waals surface area contributed by atoms with Gasteiger partial charge in [0.25, 0.3) is 5.91 Å². The van der Waals surface area contributed by atoms with Gasteiger partial charge in [-0.2, -0.15) is 4.98 Å². The number of carbonyl (C=O) groups is 1. The van der Waals surface area contributed by atoms with E-state index in [0.29, 0.717) is 24.9 Å². The van der Waals surface area contributed by atoms with Gasteiger partial charge in [-0.1, -0.05) is 0 Å². The van der Waals surface area contributed by atoms with Gasteiger partial charge in [0.05, 0.1) is 6.61 Å². The van der Waals surface area contributed by atoms with Crippen molar-refractivity contribution in [1.82, 2.24) is 19.9 Å². The summed E-state index contributed by atoms with van der Waals surface area (Å²) < 4.78 is 5.63. The number of fused-ring (bicyclic) bond motifs is 2. The average molecular weight is 470 g/mol. The van der Waals surface area contributed by atoms with Crippen molar-refractivity contribution >= 4 is 45.2 Å². The van der Waals surface area contributed by atoms with Crippen LogP contribution in [0.3, 0.4) is 0 Å². The lowest BCUT2D eigenvalue weighted by molar-refractivity contribution is 0.0995. The Bertz CT molecular complexity index is 1520. The second-order valence-electron chi connectivity index (χ2n) is 8.34. The van der Waals surface area contributed by atoms with E-state index < -0.39 is 5.91 Å². The van der Waals surface area contributed by atoms with Crippen LogP contribution in [0, 0.1) is 6.92 Å². The Kier molecular flexibility index (Phi) is 5.97. The molecule has 35 heavy (non-hydrogen) atoms. The predicted molar refractivity (Wildman–Crippen MR) is 139 cm³/mol. The number of nitrogens with zero attached hydrogens (tertiary/aromatic N) is 2. The number of nitrogens with one attached hydrogen (secondary N) is 4. The Hall–Kier alpha value is -4.53. The average Bonchev–Trinajstić information content (AvgIpc) is 3.41. The molecule has 0 aliphatic heterocycles. The van der Waals surface area contributed by atoms with Crippen molar-refractivity contribution in [2.24, 2.45) is 5.73 Å². The van der Waals surface area contributed by atoms with Gasteiger partial charge in [0.2, 0.25) is 5.95 Å². The van der Waals surface area contributed by atoms with Gasteiger partial charge in [0.1, 0.15) is 17.3 Å². The first kappa shape index (κ1) is 22.3. The third-order valence-electron chi connectivity index (χ3n) is 5.73. The van der Waals surface area contributed by atoms with E-state index >= 15 is 0 Å². The molecule has 0 aliphatic rings. The first-order valence-corrected chi connectivity index (χ1v) is 11.5. The van der Waals surface area contributed by atoms with Crippen LogP contribution in [0.25, 0.3) is 21.8 Å². The summed E-state index contributed by atoms with van der Waals surface area (Å²) >= 11 is 0. The number of anilines is 3. The number of hydrogen-bond acceptors (Lipinski definition) is 6. The highest BCUT2D eigenvalue weighted by Crippen LogP contribution is 2.25. The Morgan fingerprint density at radius 3 is 2.77 bits per heavy atom. The van der Waals surface area contributed by atoms with Crippen molar-refractivity contribution in [3.63, 3.8) is 0 Å². The molecule has 0 bridgehead atoms. The molecular weight excluding hydrogens is 442 g/mol. The lowest BCUT2D eigenvalue weighted by Gasteiger charge is -2.10. The number of hydrogen-bond donors (Lipinski definition) is 5. The van der Waals surface area contributed by atoms with Crippen molar-refractivity contribution in [1.29, 1.82) is 0 Å². The van der Waals surface area contributed by atoms with Crippen LogP contribution in [0.5, 0.6) is 5.75 Å². The number of primary amides is 1. The SMILES string of the molecule is CCOc1ccc2[nH]cc(CCNc3nc(Nc4ccc5[nH]c(C)cc5c4)cc(C(N)=O)n3)c2c1. The van der Waals surface area contributed by atoms with Gasteiger partial charge >= 0.3 is 0 Å². The minimum absolute atomic E-state index is 0.136. The predicted octanol–water partition coefficient (Wildman–Crippen LogP) is 4.64. The largest absolute Gasteiger partial charge is 0.494 e. The monoisotopic (exact) mass is 469 g/mol. The van der Waals surface area contributed by atoms with Gasteiger partial charge in [0, 0.05) is 52.0 Å². The Morgan fingerprint density at radius 1 is 1.09 bits per heavy atom. The van der Waals surface area contributed by atoms with Gasteiger partial charge in [-0.15, -0.1) is 0 Å². The molecule has 0 fully saturated rings. The molecule has 6 N–H and O–H groups in total. The fourth-order valence-corrected chi connectivity index (χ4v) is 4.15. The Morgan fingerprint density at radius 2 is 1.94 bits per heavy atom. The molecule has 3 heterocycles. The van der Waals surface area contributed by atoms with Crippen LogP contribution in [-0.4, -0.2) is 39.0 Å². The molecule has 2 aromatic carbocycles. The van der Waals surface area contributed by atoms with Crippen molar-refractivity contribution in [3.05, 3.63) is 71.7 Å². The molecule has 5 aromatic rings. The van der Waals surface area contributed by atoms with E-state index in [1.165, 1.54) is 0 Å². The Balaban J connectivity index is 1.32. The number of amides is 1. The lowest BCUT2D eigenvalue weighted by atomic mass is 10.1. The molecule has 5 rings (SSSR count). The van der Waals surface area contributed by atoms with Crippen LogP contribution in [0.15, 0.2) is 54.7 Å². The molecule has 9 nitrogen and oxygen atoms in total. The van der Waals surface area contributed by atoms with E-state index in [1.807, 2.05) is 56.4 Å². The van der Waals surface area contributed by atoms with Crippen LogP contribution in [0.2, 0.25) is 0 Å². The molecule has 0 unspecified atom stereocenters. The van der Waals surface area contributed by atoms with Gasteiger partial charge in [-0.25, -0.2) is 4.98 Å². The number of carbonyl (C=O) groups excluding carboxylic acids is 1. The first-order chi connectivity index (χ1) is 17.0. The molecule has 0 spiro atoms. The van der Waals surface area contributed by atoms with Crippen molar-refractivity contribution in [2.75, 3.05) is 23.8 Å². The number of nitrogens with two attached hydrogens (primary N) is 1. The van der Waals surface area contributed by atoms with Crippen LogP contribution in [-0.2, 0) is 6.42 Å². The minimum Gasteiger partial charge on any atom is -0.494 e. The van der Waals surface area contributed by atoms with E-state index in [-0.39, 0.29) is 5.69 Å². The molecule has 178 valence electrons. The van der Waals surface area contributed by atoms with E-state index in [1.54, 1.807) is 6.07 Å². The van der Waals surface area contributed by atoms with Gasteiger partial charge < -0.3 is 31.1 Å². The smallest absolute Gasteiger partial charge is 0.267 e. The van der Waals surface area contributed by atoms with Crippen LogP contribution < -0.4 is 21.1 Å². The molecule has 0 aliphatic carbocycles. The van der Waals surface area contributed by atoms with Crippen LogP contribution >= 0.6 is 0 Å². The zero-order chi connectivity index (χ0) is 24.4. The minimum atomic E-state index is -0.615. The summed E-state index contributed by atoms with van der Waals surface area (Å²) in [7, 11) is 0. The summed E-state index contributed by atoms with van der Waals surface area (Å²) in [6.07, 6.45) is 2.72. The summed E-state index contributed by atoms with van der Waals surface area (Å²) in [5.74, 6) is 1.04. The van der Waals surface area contributed by atoms with E-state index in [4.69, 9.17) is 10.5 Å². The number of ether oxygens (including phenoxy) is 1. The summed E-state index contributed by atoms with van der Waals surface area (Å²) in [6, 6.07) is 15.6. The fourth-order valence-electron chi connectivity index (χ4n) is 4.15. The second kappa shape index (κ2) is 9.38. The quantitative estimate of drug-likeness (QED) is 0.213. The number of H-pyrrole nitrogens is 2. The highest BCUT2D eigenvalue weighted by Gasteiger charge is 2.11. The van der Waals surface area contributed by atoms with Gasteiger partial charge in [0.15, 0.2) is 0 Å². The number of aromatic amines is 2. The number of rotatable bonds is 9. The maximum Gasteiger partial charge on any atom is 0.267 e. The molecule has 3 aromatic heterocycles. The summed E-state index contributed by atoms with van der Waals surface area (Å²) in [6.45, 7) is 5.18. The molecule has 9 heteroatoms. The standard InChI is InChI=1S/C26H27N7O2/c1-3-35-19-5-7-22-20(12-19)16(14-29-22)8-9-28-26-32-23(25(27)34)13-24(33-26)31-18-4-6-21-17(11-18)10-15(2)30-21/h4-7,10-14,29-30H,3,8-9H2,1-2H3,(H2,27,34)(H2,28,31,32,33). The third kappa shape index (κ3) is 4.89. The first-order valence-electron chi connectivity index (χ1n) is 11.5. The van der Waals surface area contributed by atoms with Crippen molar-refractivity contribution < 1.29 is 9.53 Å². The third-order valence-corrected chi connectivity index (χ3v) is 5.73. The lowest BCUT2D eigenvalue weighted by Crippen LogP contribution is -2.17. The summed E-state index contributed by atoms with van der Waals surface area (Å²) in [5, 5.41) is 8.68. The summed E-state index contributed by atoms with van der Waals surface area (Å²) in [4.78, 5) is 27.3. The topological polar surface area (TPSA) is 134 Å². The highest BCUT2D eigenvalue weighted by atomic mass is 16.5. The molecular formula is C26H27N7O2.